The molecule has 0 unspecified atom stereocenters. The summed E-state index contributed by atoms with van der Waals surface area (Å²) in [5.41, 5.74) is 12.8. The SMILES string of the molecule is CC1(C)[C@H]2C[C@@H]3OB([C@@H](CNC(=O)[C@@H](N)CCCCN)c4ccccc4)O[C@]3(C)[C@@H]1C2.Cl. The number of hydrogen-bond acceptors (Lipinski definition) is 5. The van der Waals surface area contributed by atoms with Gasteiger partial charge in [-0.2, -0.15) is 0 Å². The molecule has 8 heteroatoms. The molecule has 5 N–H and O–H groups in total. The molecule has 3 saturated carbocycles. The molecule has 1 aliphatic heterocycles. The number of carbonyl (C=O) groups excluding carboxylic acids is 1. The lowest BCUT2D eigenvalue weighted by Crippen LogP contribution is -2.65. The van der Waals surface area contributed by atoms with Crippen LogP contribution in [0.1, 0.15) is 64.3 Å². The topological polar surface area (TPSA) is 99.6 Å². The van der Waals surface area contributed by atoms with E-state index < -0.39 is 6.04 Å². The van der Waals surface area contributed by atoms with Gasteiger partial charge < -0.3 is 26.1 Å². The molecule has 0 aromatic heterocycles. The first kappa shape index (κ1) is 25.5. The van der Waals surface area contributed by atoms with Gasteiger partial charge in [0.2, 0.25) is 5.91 Å². The molecule has 0 radical (unpaired) electrons. The molecular formula is C24H39BClN3O3. The van der Waals surface area contributed by atoms with E-state index in [1.807, 2.05) is 18.2 Å². The predicted molar refractivity (Wildman–Crippen MR) is 130 cm³/mol. The molecule has 5 rings (SSSR count). The van der Waals surface area contributed by atoms with Gasteiger partial charge in [-0.15, -0.1) is 12.4 Å². The number of carbonyl (C=O) groups is 1. The van der Waals surface area contributed by atoms with Gasteiger partial charge in [0.25, 0.3) is 0 Å². The Labute approximate surface area is 199 Å². The Kier molecular flexibility index (Phi) is 7.99. The summed E-state index contributed by atoms with van der Waals surface area (Å²) < 4.78 is 13.2. The standard InChI is InChI=1S/C24H38BN3O3.ClH/c1-23(2)17-13-20(23)24(3)21(14-17)30-25(31-24)18(16-9-5-4-6-10-16)15-28-22(29)19(27)11-7-8-12-26;/h4-6,9-10,17-21H,7-8,11-15,26-27H2,1-3H3,(H,28,29);1H/t17-,18+,19+,20-,21+,24-;/m1./s1. The second-order valence-electron chi connectivity index (χ2n) is 10.5. The van der Waals surface area contributed by atoms with Gasteiger partial charge in [-0.3, -0.25) is 4.79 Å². The monoisotopic (exact) mass is 463 g/mol. The van der Waals surface area contributed by atoms with E-state index in [2.05, 4.69) is 38.2 Å². The third-order valence-corrected chi connectivity index (χ3v) is 8.33. The van der Waals surface area contributed by atoms with Crippen molar-refractivity contribution in [3.63, 3.8) is 0 Å². The lowest BCUT2D eigenvalue weighted by Gasteiger charge is -2.64. The van der Waals surface area contributed by atoms with Crippen LogP contribution in [-0.2, 0) is 14.1 Å². The first-order valence-corrected chi connectivity index (χ1v) is 11.9. The van der Waals surface area contributed by atoms with E-state index in [1.165, 1.54) is 6.42 Å². The fraction of sp³-hybridized carbons (Fsp3) is 0.708. The average molecular weight is 464 g/mol. The van der Waals surface area contributed by atoms with Crippen LogP contribution >= 0.6 is 12.4 Å². The number of benzene rings is 1. The van der Waals surface area contributed by atoms with Crippen molar-refractivity contribution in [3.8, 4) is 0 Å². The number of rotatable bonds is 9. The fourth-order valence-electron chi connectivity index (χ4n) is 6.12. The molecule has 4 aliphatic rings. The number of nitrogens with one attached hydrogen (secondary N) is 1. The number of amides is 1. The summed E-state index contributed by atoms with van der Waals surface area (Å²) in [4.78, 5) is 12.6. The molecule has 1 amide bonds. The molecule has 1 aromatic rings. The lowest BCUT2D eigenvalue weighted by atomic mass is 9.43. The van der Waals surface area contributed by atoms with Crippen molar-refractivity contribution in [2.45, 2.75) is 76.4 Å². The summed E-state index contributed by atoms with van der Waals surface area (Å²) in [5.74, 6) is 1.02. The van der Waals surface area contributed by atoms with Gasteiger partial charge in [0.05, 0.1) is 17.7 Å². The van der Waals surface area contributed by atoms with Gasteiger partial charge in [-0.1, -0.05) is 50.6 Å². The van der Waals surface area contributed by atoms with Crippen LogP contribution in [0, 0.1) is 17.3 Å². The van der Waals surface area contributed by atoms with Crippen molar-refractivity contribution in [2.24, 2.45) is 28.7 Å². The summed E-state index contributed by atoms with van der Waals surface area (Å²) >= 11 is 0. The summed E-state index contributed by atoms with van der Waals surface area (Å²) in [6, 6.07) is 9.69. The predicted octanol–water partition coefficient (Wildman–Crippen LogP) is 3.03. The van der Waals surface area contributed by atoms with Crippen LogP contribution in [0.4, 0.5) is 0 Å². The van der Waals surface area contributed by atoms with Crippen LogP contribution in [0.2, 0.25) is 0 Å². The van der Waals surface area contributed by atoms with Crippen molar-refractivity contribution in [1.82, 2.24) is 5.32 Å². The molecule has 6 nitrogen and oxygen atoms in total. The minimum absolute atomic E-state index is 0. The lowest BCUT2D eigenvalue weighted by molar-refractivity contribution is -0.199. The fourth-order valence-corrected chi connectivity index (χ4v) is 6.12. The largest absolute Gasteiger partial charge is 0.467 e. The van der Waals surface area contributed by atoms with Gasteiger partial charge in [-0.05, 0) is 62.0 Å². The number of unbranched alkanes of at least 4 members (excludes halogenated alkanes) is 1. The van der Waals surface area contributed by atoms with Crippen molar-refractivity contribution < 1.29 is 14.1 Å². The zero-order chi connectivity index (χ0) is 22.2. The maximum atomic E-state index is 12.6. The molecule has 2 bridgehead atoms. The Morgan fingerprint density at radius 1 is 1.22 bits per heavy atom. The summed E-state index contributed by atoms with van der Waals surface area (Å²) in [7, 11) is -0.374. The van der Waals surface area contributed by atoms with E-state index in [0.29, 0.717) is 36.8 Å². The number of nitrogens with two attached hydrogens (primary N) is 2. The van der Waals surface area contributed by atoms with Gasteiger partial charge in [0, 0.05) is 12.4 Å². The van der Waals surface area contributed by atoms with Gasteiger partial charge in [0.1, 0.15) is 0 Å². The molecular weight excluding hydrogens is 425 g/mol. The maximum absolute atomic E-state index is 12.6. The molecule has 0 spiro atoms. The average Bonchev–Trinajstić information content (AvgIpc) is 3.11. The highest BCUT2D eigenvalue weighted by Gasteiger charge is 2.68. The van der Waals surface area contributed by atoms with Crippen molar-refractivity contribution in [1.29, 1.82) is 0 Å². The minimum Gasteiger partial charge on any atom is -0.405 e. The number of hydrogen-bond donors (Lipinski definition) is 3. The zero-order valence-corrected chi connectivity index (χ0v) is 20.4. The molecule has 4 fully saturated rings. The molecule has 1 saturated heterocycles. The van der Waals surface area contributed by atoms with Crippen LogP contribution < -0.4 is 16.8 Å². The van der Waals surface area contributed by atoms with E-state index in [0.717, 1.165) is 24.8 Å². The minimum atomic E-state index is -0.512. The van der Waals surface area contributed by atoms with Gasteiger partial charge in [-0.25, -0.2) is 0 Å². The van der Waals surface area contributed by atoms with Crippen LogP contribution in [0.15, 0.2) is 30.3 Å². The first-order chi connectivity index (χ1) is 14.8. The molecule has 6 atom stereocenters. The van der Waals surface area contributed by atoms with Crippen LogP contribution in [0.5, 0.6) is 0 Å². The first-order valence-electron chi connectivity index (χ1n) is 11.9. The zero-order valence-electron chi connectivity index (χ0n) is 19.6. The quantitative estimate of drug-likeness (QED) is 0.386. The second kappa shape index (κ2) is 10.0. The smallest absolute Gasteiger partial charge is 0.405 e. The van der Waals surface area contributed by atoms with E-state index in [9.17, 15) is 4.79 Å². The van der Waals surface area contributed by atoms with Crippen LogP contribution in [-0.4, -0.2) is 43.9 Å². The molecule has 1 aromatic carbocycles. The van der Waals surface area contributed by atoms with Gasteiger partial charge in [0.15, 0.2) is 0 Å². The second-order valence-corrected chi connectivity index (χ2v) is 10.5. The van der Waals surface area contributed by atoms with Crippen LogP contribution in [0.3, 0.4) is 0 Å². The number of halogens is 1. The Hall–Kier alpha value is -1.12. The van der Waals surface area contributed by atoms with Crippen molar-refractivity contribution >= 4 is 25.4 Å². The highest BCUT2D eigenvalue weighted by atomic mass is 35.5. The van der Waals surface area contributed by atoms with E-state index in [4.69, 9.17) is 20.8 Å². The molecule has 1 heterocycles. The summed E-state index contributed by atoms with van der Waals surface area (Å²) in [6.45, 7) is 8.03. The Balaban J connectivity index is 0.00000289. The highest BCUT2D eigenvalue weighted by molar-refractivity contribution is 6.47. The normalized spacial score (nSPS) is 31.7. The Morgan fingerprint density at radius 2 is 1.94 bits per heavy atom. The highest BCUT2D eigenvalue weighted by Crippen LogP contribution is 2.66. The van der Waals surface area contributed by atoms with Gasteiger partial charge >= 0.3 is 7.12 Å². The van der Waals surface area contributed by atoms with Crippen LogP contribution in [0.25, 0.3) is 0 Å². The van der Waals surface area contributed by atoms with E-state index >= 15 is 0 Å². The van der Waals surface area contributed by atoms with E-state index in [-0.39, 0.29) is 43.0 Å². The van der Waals surface area contributed by atoms with Crippen molar-refractivity contribution in [3.05, 3.63) is 35.9 Å². The van der Waals surface area contributed by atoms with E-state index in [1.54, 1.807) is 0 Å². The Bertz CT molecular complexity index is 783. The Morgan fingerprint density at radius 3 is 2.59 bits per heavy atom. The maximum Gasteiger partial charge on any atom is 0.467 e. The molecule has 3 aliphatic carbocycles. The summed E-state index contributed by atoms with van der Waals surface area (Å²) in [5, 5.41) is 3.06. The van der Waals surface area contributed by atoms with Crippen molar-refractivity contribution in [2.75, 3.05) is 13.1 Å². The third-order valence-electron chi connectivity index (χ3n) is 8.33. The third kappa shape index (κ3) is 4.60. The molecule has 178 valence electrons. The summed E-state index contributed by atoms with van der Waals surface area (Å²) in [6.07, 6.45) is 4.79. The molecule has 32 heavy (non-hydrogen) atoms.